The van der Waals surface area contributed by atoms with Gasteiger partial charge in [0.05, 0.1) is 42.8 Å². The topological polar surface area (TPSA) is 116 Å². The van der Waals surface area contributed by atoms with E-state index in [0.717, 1.165) is 42.4 Å². The van der Waals surface area contributed by atoms with Crippen LogP contribution in [-0.2, 0) is 11.8 Å². The van der Waals surface area contributed by atoms with Gasteiger partial charge in [0, 0.05) is 42.9 Å². The van der Waals surface area contributed by atoms with Crippen molar-refractivity contribution in [3.8, 4) is 17.1 Å². The summed E-state index contributed by atoms with van der Waals surface area (Å²) in [6.45, 7) is 3.21. The highest BCUT2D eigenvalue weighted by molar-refractivity contribution is 6.06. The maximum absolute atomic E-state index is 14.6. The van der Waals surface area contributed by atoms with E-state index < -0.39 is 24.3 Å². The molecule has 4 aromatic rings. The van der Waals surface area contributed by atoms with Crippen molar-refractivity contribution in [2.45, 2.75) is 44.2 Å². The van der Waals surface area contributed by atoms with Gasteiger partial charge in [-0.15, -0.1) is 5.10 Å². The average molecular weight is 580 g/mol. The van der Waals surface area contributed by atoms with Crippen LogP contribution in [0.15, 0.2) is 36.8 Å². The molecule has 2 aliphatic rings. The Bertz CT molecular complexity index is 1610. The number of methoxy groups -OCH3 is 1. The first-order valence-electron chi connectivity index (χ1n) is 14.0. The molecule has 42 heavy (non-hydrogen) atoms. The number of rotatable bonds is 7. The summed E-state index contributed by atoms with van der Waals surface area (Å²) in [4.78, 5) is 29.9. The normalized spacial score (nSPS) is 19.8. The number of benzene rings is 1. The first-order valence-corrected chi connectivity index (χ1v) is 14.0. The van der Waals surface area contributed by atoms with E-state index in [1.54, 1.807) is 42.2 Å². The molecule has 13 heteroatoms. The van der Waals surface area contributed by atoms with Crippen LogP contribution in [0.5, 0.6) is 5.88 Å². The Balaban J connectivity index is 1.26. The molecule has 1 atom stereocenters. The van der Waals surface area contributed by atoms with Gasteiger partial charge in [-0.05, 0) is 51.5 Å². The number of aromatic amines is 1. The molecule has 5 heterocycles. The van der Waals surface area contributed by atoms with Crippen LogP contribution < -0.4 is 15.4 Å². The minimum atomic E-state index is -2.90. The van der Waals surface area contributed by atoms with Crippen LogP contribution in [0.4, 0.5) is 26.1 Å². The number of aromatic nitrogens is 5. The predicted octanol–water partition coefficient (Wildman–Crippen LogP) is 4.16. The second-order valence-corrected chi connectivity index (χ2v) is 11.3. The van der Waals surface area contributed by atoms with Crippen molar-refractivity contribution in [3.63, 3.8) is 0 Å². The number of anilines is 3. The van der Waals surface area contributed by atoms with E-state index in [9.17, 15) is 13.6 Å². The molecule has 0 aliphatic carbocycles. The number of nitrogens with zero attached hydrogens (tertiary/aromatic N) is 6. The Labute approximate surface area is 242 Å². The van der Waals surface area contributed by atoms with Gasteiger partial charge in [0.2, 0.25) is 11.9 Å². The number of nitrogens with one attached hydrogen (secondary N) is 3. The van der Waals surface area contributed by atoms with Gasteiger partial charge in [-0.1, -0.05) is 12.1 Å². The highest BCUT2D eigenvalue weighted by Crippen LogP contribution is 2.38. The molecule has 1 aromatic carbocycles. The number of alkyl halides is 2. The molecule has 0 radical (unpaired) electrons. The number of hydrogen-bond donors (Lipinski definition) is 3. The molecule has 222 valence electrons. The third-order valence-electron chi connectivity index (χ3n) is 8.20. The van der Waals surface area contributed by atoms with Crippen molar-refractivity contribution in [2.75, 3.05) is 44.4 Å². The van der Waals surface area contributed by atoms with E-state index in [2.05, 4.69) is 30.6 Å². The minimum absolute atomic E-state index is 0.0339. The van der Waals surface area contributed by atoms with Gasteiger partial charge in [-0.25, -0.2) is 18.7 Å². The van der Waals surface area contributed by atoms with Gasteiger partial charge in [-0.3, -0.25) is 14.4 Å². The number of likely N-dealkylation sites (tertiary alicyclic amines) is 2. The predicted molar refractivity (Wildman–Crippen MR) is 156 cm³/mol. The molecular formula is C29H35F2N9O2. The number of ether oxygens (including phenoxy) is 1. The summed E-state index contributed by atoms with van der Waals surface area (Å²) in [5, 5.41) is 11.2. The monoisotopic (exact) mass is 579 g/mol. The summed E-state index contributed by atoms with van der Waals surface area (Å²) in [5.74, 6) is -2.51. The summed E-state index contributed by atoms with van der Waals surface area (Å²) >= 11 is 0. The summed E-state index contributed by atoms with van der Waals surface area (Å²) in [6.07, 6.45) is 6.41. The molecular weight excluding hydrogens is 544 g/mol. The van der Waals surface area contributed by atoms with E-state index in [-0.39, 0.29) is 12.6 Å². The Morgan fingerprint density at radius 2 is 1.98 bits per heavy atom. The molecule has 0 spiro atoms. The molecule has 1 amide bonds. The van der Waals surface area contributed by atoms with Crippen molar-refractivity contribution < 1.29 is 18.3 Å². The zero-order valence-corrected chi connectivity index (χ0v) is 24.1. The molecule has 2 fully saturated rings. The number of fused-ring (bicyclic) bond motifs is 1. The highest BCUT2D eigenvalue weighted by Gasteiger charge is 2.50. The number of carbonyl (C=O) groups is 1. The fourth-order valence-corrected chi connectivity index (χ4v) is 6.07. The molecule has 0 unspecified atom stereocenters. The third kappa shape index (κ3) is 5.41. The van der Waals surface area contributed by atoms with Crippen LogP contribution in [0.2, 0.25) is 0 Å². The van der Waals surface area contributed by atoms with Crippen molar-refractivity contribution >= 4 is 34.1 Å². The first kappa shape index (κ1) is 28.0. The van der Waals surface area contributed by atoms with Crippen LogP contribution in [0.3, 0.4) is 0 Å². The van der Waals surface area contributed by atoms with Gasteiger partial charge in [0.15, 0.2) is 0 Å². The molecule has 6 rings (SSSR count). The zero-order chi connectivity index (χ0) is 29.6. The highest BCUT2D eigenvalue weighted by atomic mass is 19.3. The van der Waals surface area contributed by atoms with Gasteiger partial charge in [0.1, 0.15) is 5.69 Å². The quantitative estimate of drug-likeness (QED) is 0.299. The summed E-state index contributed by atoms with van der Waals surface area (Å²) in [6, 6.07) is 4.63. The van der Waals surface area contributed by atoms with Crippen LogP contribution in [0.25, 0.3) is 22.2 Å². The summed E-state index contributed by atoms with van der Waals surface area (Å²) in [7, 11) is 5.37. The Kier molecular flexibility index (Phi) is 7.31. The summed E-state index contributed by atoms with van der Waals surface area (Å²) < 4.78 is 36.2. The number of amides is 1. The maximum atomic E-state index is 14.6. The smallest absolute Gasteiger partial charge is 0.262 e. The van der Waals surface area contributed by atoms with Crippen LogP contribution in [-0.4, -0.2) is 92.2 Å². The Hall–Kier alpha value is -4.10. The number of aryl methyl sites for hydroxylation is 2. The van der Waals surface area contributed by atoms with E-state index >= 15 is 0 Å². The van der Waals surface area contributed by atoms with Gasteiger partial charge >= 0.3 is 0 Å². The molecule has 0 bridgehead atoms. The summed E-state index contributed by atoms with van der Waals surface area (Å²) in [5.41, 5.74) is 4.24. The fraction of sp³-hybridized carbons (Fsp3) is 0.448. The van der Waals surface area contributed by atoms with Gasteiger partial charge in [-0.2, -0.15) is 0 Å². The Morgan fingerprint density at radius 3 is 2.74 bits per heavy atom. The first-order chi connectivity index (χ1) is 20.1. The zero-order valence-electron chi connectivity index (χ0n) is 24.1. The van der Waals surface area contributed by atoms with Crippen molar-refractivity contribution in [2.24, 2.45) is 7.05 Å². The van der Waals surface area contributed by atoms with Crippen LogP contribution >= 0.6 is 0 Å². The molecule has 3 N–H and O–H groups in total. The van der Waals surface area contributed by atoms with Crippen molar-refractivity contribution in [1.82, 2.24) is 34.5 Å². The molecule has 2 aliphatic heterocycles. The number of hydrogen-bond acceptors (Lipinski definition) is 8. The molecule has 3 aromatic heterocycles. The second kappa shape index (κ2) is 11.0. The number of H-pyrrole nitrogens is 1. The fourth-order valence-electron chi connectivity index (χ4n) is 6.07. The number of para-hydroxylation sites is 1. The number of halogens is 2. The van der Waals surface area contributed by atoms with E-state index in [1.807, 2.05) is 32.3 Å². The van der Waals surface area contributed by atoms with E-state index in [1.165, 1.54) is 0 Å². The van der Waals surface area contributed by atoms with E-state index in [0.29, 0.717) is 34.4 Å². The third-order valence-corrected chi connectivity index (χ3v) is 8.20. The Morgan fingerprint density at radius 1 is 1.19 bits per heavy atom. The lowest BCUT2D eigenvalue weighted by Gasteiger charge is -2.37. The van der Waals surface area contributed by atoms with Crippen molar-refractivity contribution in [1.29, 1.82) is 0 Å². The SMILES string of the molecule is COc1nn(C)cc1Nc1ncc(C)c(-c2c[nH]c3c(NC(=O)[C@H]4CC(F)(F)CN4C4CCN(C)CC4)cccc23)n1. The second-order valence-electron chi connectivity index (χ2n) is 11.3. The molecule has 11 nitrogen and oxygen atoms in total. The van der Waals surface area contributed by atoms with E-state index in [4.69, 9.17) is 9.72 Å². The minimum Gasteiger partial charge on any atom is -0.478 e. The standard InChI is InChI=1S/C29H35F2N9O2/c1-17-13-33-28(35-22-15-39(3)37-27(22)42-4)36-24(17)20-14-32-25-19(20)6-5-7-21(25)34-26(41)23-12-29(30,31)16-40(23)18-8-10-38(2)11-9-18/h5-7,13-15,18,23,32H,8-12,16H2,1-4H3,(H,34,41)(H,33,35,36)/t23-/m1/s1. The van der Waals surface area contributed by atoms with Gasteiger partial charge in [0.25, 0.3) is 11.8 Å². The van der Waals surface area contributed by atoms with Gasteiger partial charge < -0.3 is 25.3 Å². The molecule has 2 saturated heterocycles. The van der Waals surface area contributed by atoms with Crippen molar-refractivity contribution in [3.05, 3.63) is 42.4 Å². The lowest BCUT2D eigenvalue weighted by Crippen LogP contribution is -2.49. The number of piperidine rings is 1. The lowest BCUT2D eigenvalue weighted by atomic mass is 10.0. The number of carbonyl (C=O) groups excluding carboxylic acids is 1. The maximum Gasteiger partial charge on any atom is 0.262 e. The van der Waals surface area contributed by atoms with Crippen LogP contribution in [0.1, 0.15) is 24.8 Å². The average Bonchev–Trinajstić information content (AvgIpc) is 3.64. The largest absolute Gasteiger partial charge is 0.478 e. The molecule has 0 saturated carbocycles. The van der Waals surface area contributed by atoms with Crippen LogP contribution in [0, 0.1) is 6.92 Å². The lowest BCUT2D eigenvalue weighted by molar-refractivity contribution is -0.121.